The molecular formula is C23H26ClN5O6. The molecule has 2 saturated heterocycles. The molecule has 35 heavy (non-hydrogen) atoms. The largest absolute Gasteiger partial charge is 0.387 e. The number of benzene rings is 1. The van der Waals surface area contributed by atoms with Gasteiger partial charge in [-0.15, -0.1) is 0 Å². The molecule has 5 rings (SSSR count). The van der Waals surface area contributed by atoms with E-state index >= 15 is 0 Å². The number of nitrogens with zero attached hydrogens (tertiary/aromatic N) is 4. The smallest absolute Gasteiger partial charge is 0.323 e. The maximum Gasteiger partial charge on any atom is 0.323 e. The molecule has 2 amide bonds. The predicted octanol–water partition coefficient (Wildman–Crippen LogP) is 1.61. The van der Waals surface area contributed by atoms with Crippen LogP contribution in [0.5, 0.6) is 0 Å². The minimum absolute atomic E-state index is 0.296. The average molecular weight is 504 g/mol. The van der Waals surface area contributed by atoms with Crippen molar-refractivity contribution >= 4 is 34.5 Å². The Hall–Kier alpha value is -2.80. The van der Waals surface area contributed by atoms with Crippen molar-refractivity contribution in [3.05, 3.63) is 52.9 Å². The molecule has 2 aromatic heterocycles. The number of anilines is 1. The number of fused-ring (bicyclic) bond motifs is 1. The van der Waals surface area contributed by atoms with Crippen LogP contribution in [0, 0.1) is 6.92 Å². The molecule has 3 aromatic rings. The number of aliphatic hydroxyl groups excluding tert-OH is 3. The number of aromatic nitrogens is 3. The number of aryl methyl sites for hydroxylation is 1. The molecule has 2 fully saturated rings. The summed E-state index contributed by atoms with van der Waals surface area (Å²) in [6, 6.07) is 6.42. The Labute approximate surface area is 205 Å². The van der Waals surface area contributed by atoms with Crippen LogP contribution in [0.3, 0.4) is 0 Å². The Morgan fingerprint density at radius 1 is 1.20 bits per heavy atom. The van der Waals surface area contributed by atoms with Crippen LogP contribution in [0.1, 0.15) is 23.5 Å². The third-order valence-corrected chi connectivity index (χ3v) is 6.84. The highest BCUT2D eigenvalue weighted by Gasteiger charge is 2.47. The lowest BCUT2D eigenvalue weighted by Crippen LogP contribution is -2.43. The van der Waals surface area contributed by atoms with Crippen molar-refractivity contribution < 1.29 is 29.6 Å². The Morgan fingerprint density at radius 2 is 1.97 bits per heavy atom. The summed E-state index contributed by atoms with van der Waals surface area (Å²) in [7, 11) is 0. The van der Waals surface area contributed by atoms with Crippen LogP contribution in [0.2, 0.25) is 5.02 Å². The van der Waals surface area contributed by atoms with Gasteiger partial charge in [0, 0.05) is 24.3 Å². The van der Waals surface area contributed by atoms with Crippen molar-refractivity contribution in [1.82, 2.24) is 19.4 Å². The maximum absolute atomic E-state index is 12.6. The molecule has 2 unspecified atom stereocenters. The van der Waals surface area contributed by atoms with Crippen molar-refractivity contribution in [3.63, 3.8) is 0 Å². The number of rotatable bonds is 4. The van der Waals surface area contributed by atoms with Crippen LogP contribution in [-0.2, 0) is 9.47 Å². The molecule has 4 N–H and O–H groups in total. The van der Waals surface area contributed by atoms with Crippen LogP contribution in [0.4, 0.5) is 10.6 Å². The molecule has 2 aliphatic rings. The molecule has 11 nitrogen and oxygen atoms in total. The number of morpholine rings is 1. The van der Waals surface area contributed by atoms with Crippen LogP contribution < -0.4 is 5.32 Å². The maximum atomic E-state index is 12.6. The van der Waals surface area contributed by atoms with Gasteiger partial charge in [-0.1, -0.05) is 23.7 Å². The lowest BCUT2D eigenvalue weighted by molar-refractivity contribution is -0.0848. The summed E-state index contributed by atoms with van der Waals surface area (Å²) in [5, 5.41) is 36.3. The third-order valence-electron chi connectivity index (χ3n) is 6.42. The fraction of sp³-hybridized carbons (Fsp3) is 0.435. The summed E-state index contributed by atoms with van der Waals surface area (Å²) < 4.78 is 12.8. The summed E-state index contributed by atoms with van der Waals surface area (Å²) in [5.74, 6) is 0.312. The molecule has 5 atom stereocenters. The number of aliphatic hydroxyl groups is 3. The minimum Gasteiger partial charge on any atom is -0.387 e. The molecular weight excluding hydrogens is 478 g/mol. The van der Waals surface area contributed by atoms with Gasteiger partial charge < -0.3 is 34.3 Å². The second kappa shape index (κ2) is 9.69. The van der Waals surface area contributed by atoms with Crippen LogP contribution in [-0.4, -0.2) is 85.4 Å². The number of nitrogens with one attached hydrogen (secondary N) is 1. The fourth-order valence-corrected chi connectivity index (χ4v) is 4.56. The number of hydrogen-bond donors (Lipinski definition) is 4. The van der Waals surface area contributed by atoms with Crippen molar-refractivity contribution in [2.75, 3.05) is 31.6 Å². The molecule has 1 aromatic carbocycles. The summed E-state index contributed by atoms with van der Waals surface area (Å²) in [4.78, 5) is 22.8. The molecule has 186 valence electrons. The van der Waals surface area contributed by atoms with E-state index in [1.54, 1.807) is 39.9 Å². The first-order chi connectivity index (χ1) is 16.8. The molecule has 0 radical (unpaired) electrons. The lowest BCUT2D eigenvalue weighted by atomic mass is 9.98. The van der Waals surface area contributed by atoms with E-state index in [9.17, 15) is 20.1 Å². The van der Waals surface area contributed by atoms with Crippen LogP contribution in [0.25, 0.3) is 11.0 Å². The number of ether oxygens (including phenoxy) is 2. The van der Waals surface area contributed by atoms with Gasteiger partial charge in [-0.2, -0.15) is 0 Å². The molecule has 0 saturated carbocycles. The topological polar surface area (TPSA) is 142 Å². The Morgan fingerprint density at radius 3 is 2.71 bits per heavy atom. The summed E-state index contributed by atoms with van der Waals surface area (Å²) >= 11 is 6.08. The van der Waals surface area contributed by atoms with Gasteiger partial charge in [-0.25, -0.2) is 14.8 Å². The van der Waals surface area contributed by atoms with Gasteiger partial charge >= 0.3 is 6.03 Å². The van der Waals surface area contributed by atoms with Crippen molar-refractivity contribution in [2.45, 2.75) is 37.6 Å². The van der Waals surface area contributed by atoms with Gasteiger partial charge in [-0.05, 0) is 30.2 Å². The lowest BCUT2D eigenvalue weighted by Gasteiger charge is -2.26. The normalized spacial score (nSPS) is 25.7. The monoisotopic (exact) mass is 503 g/mol. The van der Waals surface area contributed by atoms with E-state index in [0.717, 1.165) is 5.56 Å². The molecule has 2 aliphatic heterocycles. The quantitative estimate of drug-likeness (QED) is 0.420. The third kappa shape index (κ3) is 4.46. The van der Waals surface area contributed by atoms with Crippen molar-refractivity contribution in [1.29, 1.82) is 0 Å². The van der Waals surface area contributed by atoms with Crippen molar-refractivity contribution in [2.24, 2.45) is 0 Å². The highest BCUT2D eigenvalue weighted by molar-refractivity contribution is 6.31. The zero-order chi connectivity index (χ0) is 24.7. The summed E-state index contributed by atoms with van der Waals surface area (Å²) in [5.41, 5.74) is 1.68. The first-order valence-electron chi connectivity index (χ1n) is 11.3. The van der Waals surface area contributed by atoms with Gasteiger partial charge in [0.05, 0.1) is 18.6 Å². The molecule has 0 aliphatic carbocycles. The van der Waals surface area contributed by atoms with Gasteiger partial charge in [0.2, 0.25) is 0 Å². The van der Waals surface area contributed by atoms with E-state index in [4.69, 9.17) is 21.1 Å². The van der Waals surface area contributed by atoms with E-state index < -0.39 is 30.6 Å². The number of hydrogen-bond acceptors (Lipinski definition) is 8. The summed E-state index contributed by atoms with van der Waals surface area (Å²) in [6.45, 7) is 3.73. The molecule has 12 heteroatoms. The standard InChI is InChI=1S/C23H26ClN5O6/c1-12-10-13(2-3-15(12)24)16(30)19-17(31)18(32)22(35-19)29-5-4-14-20(25-11-26-21(14)29)27-23(33)28-6-8-34-9-7-28/h2-5,10-11,16-19,22,30-32H,6-9H2,1H3,(H,25,26,27,33)/t16?,17-,18+,19?,22+/m0/s1. The first kappa shape index (κ1) is 23.9. The minimum atomic E-state index is -1.36. The molecule has 0 bridgehead atoms. The van der Waals surface area contributed by atoms with Crippen LogP contribution in [0.15, 0.2) is 36.8 Å². The Balaban J connectivity index is 1.38. The van der Waals surface area contributed by atoms with E-state index in [1.165, 1.54) is 6.33 Å². The number of urea groups is 1. The predicted molar refractivity (Wildman–Crippen MR) is 126 cm³/mol. The number of carbonyl (C=O) groups excluding carboxylic acids is 1. The Kier molecular flexibility index (Phi) is 6.62. The average Bonchev–Trinajstić information content (AvgIpc) is 3.42. The highest BCUT2D eigenvalue weighted by Crippen LogP contribution is 2.38. The number of carbonyl (C=O) groups is 1. The number of halogens is 1. The first-order valence-corrected chi connectivity index (χ1v) is 11.6. The van der Waals surface area contributed by atoms with Crippen molar-refractivity contribution in [3.8, 4) is 0 Å². The zero-order valence-corrected chi connectivity index (χ0v) is 19.7. The van der Waals surface area contributed by atoms with Gasteiger partial charge in [0.25, 0.3) is 0 Å². The SMILES string of the molecule is Cc1cc(C(O)C2O[C@@H](n3ccc4c(NC(=O)N5CCOCC5)ncnc43)[C@H](O)[C@@H]2O)ccc1Cl. The second-order valence-corrected chi connectivity index (χ2v) is 9.05. The van der Waals surface area contributed by atoms with Gasteiger partial charge in [0.15, 0.2) is 6.23 Å². The Bertz CT molecular complexity index is 1230. The van der Waals surface area contributed by atoms with Gasteiger partial charge in [-0.3, -0.25) is 5.32 Å². The van der Waals surface area contributed by atoms with Gasteiger partial charge in [0.1, 0.15) is 42.2 Å². The molecule has 4 heterocycles. The zero-order valence-electron chi connectivity index (χ0n) is 18.9. The van der Waals surface area contributed by atoms with Crippen LogP contribution >= 0.6 is 11.6 Å². The van der Waals surface area contributed by atoms with E-state index in [1.807, 2.05) is 6.92 Å². The number of amides is 2. The second-order valence-electron chi connectivity index (χ2n) is 8.64. The van der Waals surface area contributed by atoms with E-state index in [2.05, 4.69) is 15.3 Å². The fourth-order valence-electron chi connectivity index (χ4n) is 4.44. The summed E-state index contributed by atoms with van der Waals surface area (Å²) in [6.07, 6.45) is -3.06. The van der Waals surface area contributed by atoms with E-state index in [0.29, 0.717) is 53.7 Å². The highest BCUT2D eigenvalue weighted by atomic mass is 35.5. The molecule has 0 spiro atoms. The van der Waals surface area contributed by atoms with E-state index in [-0.39, 0.29) is 6.03 Å².